The lowest BCUT2D eigenvalue weighted by Crippen LogP contribution is -2.46. The lowest BCUT2D eigenvalue weighted by Gasteiger charge is -2.29. The number of ether oxygens (including phenoxy) is 1. The molecule has 1 atom stereocenters. The van der Waals surface area contributed by atoms with Crippen molar-refractivity contribution in [3.8, 4) is 0 Å². The largest absolute Gasteiger partial charge is 0.396 e. The first-order valence-corrected chi connectivity index (χ1v) is 8.36. The Morgan fingerprint density at radius 3 is 2.60 bits per heavy atom. The number of hydrogen-bond donors (Lipinski definition) is 3. The van der Waals surface area contributed by atoms with Crippen LogP contribution in [0, 0.1) is 0 Å². The van der Waals surface area contributed by atoms with Gasteiger partial charge in [-0.1, -0.05) is 30.3 Å². The molecular formula is C20H26N2O3. The van der Waals surface area contributed by atoms with Crippen LogP contribution in [0.4, 0.5) is 5.69 Å². The van der Waals surface area contributed by atoms with Crippen LogP contribution in [0.2, 0.25) is 0 Å². The van der Waals surface area contributed by atoms with Crippen LogP contribution in [0.1, 0.15) is 29.3 Å². The van der Waals surface area contributed by atoms with E-state index in [0.29, 0.717) is 25.1 Å². The molecule has 2 rings (SSSR count). The van der Waals surface area contributed by atoms with Crippen LogP contribution in [0.3, 0.4) is 0 Å². The third-order valence-electron chi connectivity index (χ3n) is 4.07. The fraction of sp³-hybridized carbons (Fsp3) is 0.350. The number of carbonyl (C=O) groups excluding carboxylic acids is 1. The molecular weight excluding hydrogens is 316 g/mol. The van der Waals surface area contributed by atoms with Gasteiger partial charge >= 0.3 is 0 Å². The SMILES string of the molecule is COCC(C)(CCO)NCc1cccc(C(=O)Nc2ccccc2)c1. The smallest absolute Gasteiger partial charge is 0.255 e. The molecule has 0 spiro atoms. The van der Waals surface area contributed by atoms with Crippen molar-refractivity contribution < 1.29 is 14.6 Å². The molecule has 1 unspecified atom stereocenters. The topological polar surface area (TPSA) is 70.6 Å². The summed E-state index contributed by atoms with van der Waals surface area (Å²) < 4.78 is 5.24. The van der Waals surface area contributed by atoms with Gasteiger partial charge in [0.15, 0.2) is 0 Å². The van der Waals surface area contributed by atoms with Gasteiger partial charge in [0, 0.05) is 37.1 Å². The zero-order chi connectivity index (χ0) is 18.1. The van der Waals surface area contributed by atoms with E-state index in [1.54, 1.807) is 13.2 Å². The maximum absolute atomic E-state index is 12.4. The Labute approximate surface area is 149 Å². The van der Waals surface area contributed by atoms with Gasteiger partial charge in [-0.05, 0) is 43.2 Å². The lowest BCUT2D eigenvalue weighted by atomic mass is 9.98. The van der Waals surface area contributed by atoms with Crippen molar-refractivity contribution in [2.75, 3.05) is 25.6 Å². The molecule has 0 saturated carbocycles. The molecule has 0 aliphatic carbocycles. The molecule has 3 N–H and O–H groups in total. The van der Waals surface area contributed by atoms with Crippen molar-refractivity contribution in [2.45, 2.75) is 25.4 Å². The van der Waals surface area contributed by atoms with Crippen molar-refractivity contribution in [1.29, 1.82) is 0 Å². The van der Waals surface area contributed by atoms with E-state index in [4.69, 9.17) is 4.74 Å². The van der Waals surface area contributed by atoms with Gasteiger partial charge < -0.3 is 20.5 Å². The van der Waals surface area contributed by atoms with Crippen LogP contribution < -0.4 is 10.6 Å². The van der Waals surface area contributed by atoms with Gasteiger partial charge in [-0.15, -0.1) is 0 Å². The van der Waals surface area contributed by atoms with Gasteiger partial charge in [0.1, 0.15) is 0 Å². The van der Waals surface area contributed by atoms with Crippen LogP contribution in [0.15, 0.2) is 54.6 Å². The number of hydrogen-bond acceptors (Lipinski definition) is 4. The fourth-order valence-electron chi connectivity index (χ4n) is 2.64. The third kappa shape index (κ3) is 5.98. The molecule has 0 aromatic heterocycles. The summed E-state index contributed by atoms with van der Waals surface area (Å²) in [6.07, 6.45) is 0.592. The minimum Gasteiger partial charge on any atom is -0.396 e. The van der Waals surface area contributed by atoms with Crippen LogP contribution in [0.5, 0.6) is 0 Å². The summed E-state index contributed by atoms with van der Waals surface area (Å²) in [6, 6.07) is 16.9. The summed E-state index contributed by atoms with van der Waals surface area (Å²) in [7, 11) is 1.64. The first kappa shape index (κ1) is 19.1. The molecule has 2 aromatic rings. The van der Waals surface area contributed by atoms with Gasteiger partial charge in [0.25, 0.3) is 5.91 Å². The number of para-hydroxylation sites is 1. The molecule has 0 aliphatic heterocycles. The summed E-state index contributed by atoms with van der Waals surface area (Å²) in [5.74, 6) is -0.136. The first-order chi connectivity index (χ1) is 12.1. The number of carbonyl (C=O) groups is 1. The van der Waals surface area contributed by atoms with Crippen molar-refractivity contribution in [3.63, 3.8) is 0 Å². The minimum absolute atomic E-state index is 0.0897. The third-order valence-corrected chi connectivity index (χ3v) is 4.07. The van der Waals surface area contributed by atoms with Crippen molar-refractivity contribution in [1.82, 2.24) is 5.32 Å². The van der Waals surface area contributed by atoms with Crippen molar-refractivity contribution >= 4 is 11.6 Å². The Morgan fingerprint density at radius 2 is 1.92 bits per heavy atom. The average molecular weight is 342 g/mol. The van der Waals surface area contributed by atoms with E-state index in [-0.39, 0.29) is 18.1 Å². The molecule has 25 heavy (non-hydrogen) atoms. The second kappa shape index (κ2) is 9.32. The molecule has 2 aromatic carbocycles. The number of aliphatic hydroxyl groups is 1. The minimum atomic E-state index is -0.314. The molecule has 1 amide bonds. The zero-order valence-electron chi connectivity index (χ0n) is 14.8. The van der Waals surface area contributed by atoms with E-state index < -0.39 is 0 Å². The Balaban J connectivity index is 2.01. The summed E-state index contributed by atoms with van der Waals surface area (Å²) in [4.78, 5) is 12.4. The van der Waals surface area contributed by atoms with E-state index in [2.05, 4.69) is 10.6 Å². The number of amides is 1. The Bertz CT molecular complexity index is 668. The second-order valence-corrected chi connectivity index (χ2v) is 6.34. The Kier molecular flexibility index (Phi) is 7.13. The highest BCUT2D eigenvalue weighted by atomic mass is 16.5. The van der Waals surface area contributed by atoms with Crippen LogP contribution in [-0.4, -0.2) is 36.9 Å². The second-order valence-electron chi connectivity index (χ2n) is 6.34. The quantitative estimate of drug-likeness (QED) is 0.655. The summed E-state index contributed by atoms with van der Waals surface area (Å²) in [6.45, 7) is 3.19. The predicted molar refractivity (Wildman–Crippen MR) is 99.7 cm³/mol. The molecule has 0 aliphatic rings. The summed E-state index contributed by atoms with van der Waals surface area (Å²) >= 11 is 0. The number of nitrogens with one attached hydrogen (secondary N) is 2. The van der Waals surface area contributed by atoms with Crippen molar-refractivity contribution in [3.05, 3.63) is 65.7 Å². The Morgan fingerprint density at radius 1 is 1.16 bits per heavy atom. The molecule has 5 nitrogen and oxygen atoms in total. The number of aliphatic hydroxyl groups excluding tert-OH is 1. The summed E-state index contributed by atoms with van der Waals surface area (Å²) in [5, 5.41) is 15.5. The van der Waals surface area contributed by atoms with E-state index in [1.807, 2.05) is 55.5 Å². The monoisotopic (exact) mass is 342 g/mol. The van der Waals surface area contributed by atoms with E-state index in [0.717, 1.165) is 11.3 Å². The van der Waals surface area contributed by atoms with E-state index in [9.17, 15) is 9.90 Å². The predicted octanol–water partition coefficient (Wildman–Crippen LogP) is 2.82. The fourth-order valence-corrected chi connectivity index (χ4v) is 2.64. The van der Waals surface area contributed by atoms with E-state index >= 15 is 0 Å². The van der Waals surface area contributed by atoms with Crippen molar-refractivity contribution in [2.24, 2.45) is 0 Å². The molecule has 0 bridgehead atoms. The van der Waals surface area contributed by atoms with E-state index in [1.165, 1.54) is 0 Å². The first-order valence-electron chi connectivity index (χ1n) is 8.36. The van der Waals surface area contributed by atoms with Gasteiger partial charge in [-0.25, -0.2) is 0 Å². The average Bonchev–Trinajstić information content (AvgIpc) is 2.62. The molecule has 0 radical (unpaired) electrons. The maximum atomic E-state index is 12.4. The highest BCUT2D eigenvalue weighted by molar-refractivity contribution is 6.04. The standard InChI is InChI=1S/C20H26N2O3/c1-20(11-12-23,15-25-2)21-14-16-7-6-8-17(13-16)19(24)22-18-9-4-3-5-10-18/h3-10,13,21,23H,11-12,14-15H2,1-2H3,(H,22,24). The molecule has 0 fully saturated rings. The van der Waals surface area contributed by atoms with Crippen LogP contribution >= 0.6 is 0 Å². The molecule has 0 heterocycles. The normalized spacial score (nSPS) is 13.2. The van der Waals surface area contributed by atoms with Crippen LogP contribution in [0.25, 0.3) is 0 Å². The highest BCUT2D eigenvalue weighted by Gasteiger charge is 2.22. The Hall–Kier alpha value is -2.21. The highest BCUT2D eigenvalue weighted by Crippen LogP contribution is 2.14. The van der Waals surface area contributed by atoms with Gasteiger partial charge in [0.05, 0.1) is 6.61 Å². The molecule has 5 heteroatoms. The number of anilines is 1. The van der Waals surface area contributed by atoms with Crippen LogP contribution in [-0.2, 0) is 11.3 Å². The van der Waals surface area contributed by atoms with Gasteiger partial charge in [-0.2, -0.15) is 0 Å². The molecule has 0 saturated heterocycles. The zero-order valence-corrected chi connectivity index (χ0v) is 14.8. The molecule has 134 valence electrons. The number of benzene rings is 2. The lowest BCUT2D eigenvalue weighted by molar-refractivity contribution is 0.0969. The van der Waals surface area contributed by atoms with Gasteiger partial charge in [-0.3, -0.25) is 4.79 Å². The maximum Gasteiger partial charge on any atom is 0.255 e. The summed E-state index contributed by atoms with van der Waals surface area (Å²) in [5.41, 5.74) is 2.07. The number of rotatable bonds is 9. The van der Waals surface area contributed by atoms with Gasteiger partial charge in [0.2, 0.25) is 0 Å². The number of methoxy groups -OCH3 is 1.